The second kappa shape index (κ2) is 6.71. The van der Waals surface area contributed by atoms with Gasteiger partial charge in [-0.1, -0.05) is 30.3 Å². The number of sulfone groups is 1. The minimum absolute atomic E-state index is 0.240. The topological polar surface area (TPSA) is 66.1 Å². The Kier molecular flexibility index (Phi) is 4.62. The Bertz CT molecular complexity index is 1050. The SMILES string of the molecule is CN(C)CCn1cc(S(=O)(=O)c2ccccc2)c2cccc(C#N)c21. The molecule has 6 heteroatoms. The lowest BCUT2D eigenvalue weighted by atomic mass is 10.1. The molecule has 0 aliphatic carbocycles. The van der Waals surface area contributed by atoms with E-state index in [-0.39, 0.29) is 9.79 Å². The van der Waals surface area contributed by atoms with Crippen LogP contribution < -0.4 is 0 Å². The standard InChI is InChI=1S/C19H19N3O2S/c1-21(2)11-12-22-14-18(17-10-6-7-15(13-20)19(17)22)25(23,24)16-8-4-3-5-9-16/h3-10,14H,11-12H2,1-2H3. The zero-order valence-electron chi connectivity index (χ0n) is 14.2. The Morgan fingerprint density at radius 1 is 1.08 bits per heavy atom. The van der Waals surface area contributed by atoms with Gasteiger partial charge < -0.3 is 9.47 Å². The average molecular weight is 353 g/mol. The van der Waals surface area contributed by atoms with Crippen LogP contribution in [0.2, 0.25) is 0 Å². The highest BCUT2D eigenvalue weighted by atomic mass is 32.2. The first-order chi connectivity index (χ1) is 11.9. The zero-order chi connectivity index (χ0) is 18.0. The summed E-state index contributed by atoms with van der Waals surface area (Å²) in [6.07, 6.45) is 1.65. The van der Waals surface area contributed by atoms with Crippen LogP contribution in [-0.2, 0) is 16.4 Å². The van der Waals surface area contributed by atoms with Crippen LogP contribution in [0.25, 0.3) is 10.9 Å². The van der Waals surface area contributed by atoms with Gasteiger partial charge in [0, 0.05) is 24.7 Å². The molecule has 0 amide bonds. The molecule has 0 radical (unpaired) electrons. The highest BCUT2D eigenvalue weighted by Gasteiger charge is 2.24. The summed E-state index contributed by atoms with van der Waals surface area (Å²) in [7, 11) is 0.262. The van der Waals surface area contributed by atoms with E-state index in [4.69, 9.17) is 0 Å². The van der Waals surface area contributed by atoms with Crippen molar-refractivity contribution in [2.45, 2.75) is 16.3 Å². The number of benzene rings is 2. The van der Waals surface area contributed by atoms with Crippen molar-refractivity contribution in [1.29, 1.82) is 5.26 Å². The van der Waals surface area contributed by atoms with Gasteiger partial charge >= 0.3 is 0 Å². The molecule has 1 aromatic heterocycles. The molecular weight excluding hydrogens is 334 g/mol. The van der Waals surface area contributed by atoms with Crippen LogP contribution in [0.1, 0.15) is 5.56 Å². The summed E-state index contributed by atoms with van der Waals surface area (Å²) in [6, 6.07) is 15.8. The van der Waals surface area contributed by atoms with Gasteiger partial charge in [-0.05, 0) is 32.3 Å². The third kappa shape index (κ3) is 3.16. The minimum atomic E-state index is -3.65. The van der Waals surface area contributed by atoms with Crippen molar-refractivity contribution < 1.29 is 8.42 Å². The molecule has 128 valence electrons. The summed E-state index contributed by atoms with van der Waals surface area (Å²) >= 11 is 0. The van der Waals surface area contributed by atoms with Crippen molar-refractivity contribution in [3.05, 3.63) is 60.3 Å². The number of aromatic nitrogens is 1. The summed E-state index contributed by atoms with van der Waals surface area (Å²) in [5, 5.41) is 10.0. The van der Waals surface area contributed by atoms with Gasteiger partial charge in [-0.15, -0.1) is 0 Å². The second-order valence-electron chi connectivity index (χ2n) is 6.12. The second-order valence-corrected chi connectivity index (χ2v) is 8.04. The first-order valence-corrected chi connectivity index (χ1v) is 9.40. The third-order valence-electron chi connectivity index (χ3n) is 4.11. The van der Waals surface area contributed by atoms with Crippen LogP contribution >= 0.6 is 0 Å². The van der Waals surface area contributed by atoms with Crippen LogP contribution in [0.15, 0.2) is 64.5 Å². The van der Waals surface area contributed by atoms with E-state index in [1.165, 1.54) is 0 Å². The Morgan fingerprint density at radius 2 is 1.80 bits per heavy atom. The van der Waals surface area contributed by atoms with E-state index in [1.807, 2.05) is 23.6 Å². The lowest BCUT2D eigenvalue weighted by Crippen LogP contribution is -2.18. The quantitative estimate of drug-likeness (QED) is 0.707. The lowest BCUT2D eigenvalue weighted by molar-refractivity contribution is 0.386. The molecule has 0 fully saturated rings. The Morgan fingerprint density at radius 3 is 2.44 bits per heavy atom. The maximum Gasteiger partial charge on any atom is 0.208 e. The van der Waals surface area contributed by atoms with E-state index >= 15 is 0 Å². The highest BCUT2D eigenvalue weighted by Crippen LogP contribution is 2.31. The number of fused-ring (bicyclic) bond motifs is 1. The normalized spacial score (nSPS) is 11.8. The maximum atomic E-state index is 13.1. The number of hydrogen-bond acceptors (Lipinski definition) is 4. The molecule has 5 nitrogen and oxygen atoms in total. The summed E-state index contributed by atoms with van der Waals surface area (Å²) in [5.74, 6) is 0. The smallest absolute Gasteiger partial charge is 0.208 e. The molecule has 0 unspecified atom stereocenters. The fraction of sp³-hybridized carbons (Fsp3) is 0.211. The Hall–Kier alpha value is -2.62. The largest absolute Gasteiger partial charge is 0.344 e. The van der Waals surface area contributed by atoms with Crippen LogP contribution in [0.5, 0.6) is 0 Å². The molecule has 0 spiro atoms. The molecule has 1 heterocycles. The maximum absolute atomic E-state index is 13.1. The predicted octanol–water partition coefficient (Wildman–Crippen LogP) is 2.91. The fourth-order valence-electron chi connectivity index (χ4n) is 2.84. The van der Waals surface area contributed by atoms with Crippen molar-refractivity contribution in [3.8, 4) is 6.07 Å². The summed E-state index contributed by atoms with van der Waals surface area (Å²) in [5.41, 5.74) is 1.15. The van der Waals surface area contributed by atoms with Crippen molar-refractivity contribution in [3.63, 3.8) is 0 Å². The van der Waals surface area contributed by atoms with Gasteiger partial charge in [-0.3, -0.25) is 0 Å². The van der Waals surface area contributed by atoms with Crippen molar-refractivity contribution in [1.82, 2.24) is 9.47 Å². The van der Waals surface area contributed by atoms with E-state index in [9.17, 15) is 13.7 Å². The molecule has 3 aromatic rings. The van der Waals surface area contributed by atoms with E-state index in [0.29, 0.717) is 23.0 Å². The molecule has 0 N–H and O–H groups in total. The number of nitriles is 1. The van der Waals surface area contributed by atoms with Gasteiger partial charge in [0.2, 0.25) is 9.84 Å². The summed E-state index contributed by atoms with van der Waals surface area (Å²) in [6.45, 7) is 1.35. The van der Waals surface area contributed by atoms with Crippen molar-refractivity contribution >= 4 is 20.7 Å². The average Bonchev–Trinajstić information content (AvgIpc) is 3.00. The third-order valence-corrected chi connectivity index (χ3v) is 5.91. The Balaban J connectivity index is 2.25. The van der Waals surface area contributed by atoms with Crippen LogP contribution in [-0.4, -0.2) is 38.5 Å². The van der Waals surface area contributed by atoms with Crippen LogP contribution in [0.4, 0.5) is 0 Å². The molecule has 0 aliphatic heterocycles. The number of rotatable bonds is 5. The molecule has 3 rings (SSSR count). The molecule has 0 atom stereocenters. The van der Waals surface area contributed by atoms with E-state index in [2.05, 4.69) is 6.07 Å². The monoisotopic (exact) mass is 353 g/mol. The van der Waals surface area contributed by atoms with Crippen LogP contribution in [0, 0.1) is 11.3 Å². The molecule has 25 heavy (non-hydrogen) atoms. The van der Waals surface area contributed by atoms with Crippen LogP contribution in [0.3, 0.4) is 0 Å². The van der Waals surface area contributed by atoms with Gasteiger partial charge in [-0.2, -0.15) is 5.26 Å². The van der Waals surface area contributed by atoms with Gasteiger partial charge in [0.1, 0.15) is 6.07 Å². The van der Waals surface area contributed by atoms with Gasteiger partial charge in [0.05, 0.1) is 20.9 Å². The van der Waals surface area contributed by atoms with Crippen molar-refractivity contribution in [2.75, 3.05) is 20.6 Å². The molecule has 2 aromatic carbocycles. The zero-order valence-corrected chi connectivity index (χ0v) is 15.0. The number of hydrogen-bond donors (Lipinski definition) is 0. The van der Waals surface area contributed by atoms with Gasteiger partial charge in [0.25, 0.3) is 0 Å². The molecule has 0 aliphatic rings. The first kappa shape index (κ1) is 17.2. The fourth-order valence-corrected chi connectivity index (χ4v) is 4.33. The van der Waals surface area contributed by atoms with E-state index in [1.54, 1.807) is 54.7 Å². The van der Waals surface area contributed by atoms with E-state index < -0.39 is 9.84 Å². The lowest BCUT2D eigenvalue weighted by Gasteiger charge is -2.11. The van der Waals surface area contributed by atoms with Crippen molar-refractivity contribution in [2.24, 2.45) is 0 Å². The van der Waals surface area contributed by atoms with Gasteiger partial charge in [0.15, 0.2) is 0 Å². The minimum Gasteiger partial charge on any atom is -0.344 e. The molecule has 0 saturated carbocycles. The molecular formula is C19H19N3O2S. The number of nitrogens with zero attached hydrogens (tertiary/aromatic N) is 3. The first-order valence-electron chi connectivity index (χ1n) is 7.92. The summed E-state index contributed by atoms with van der Waals surface area (Å²) in [4.78, 5) is 2.51. The van der Waals surface area contributed by atoms with Gasteiger partial charge in [-0.25, -0.2) is 8.42 Å². The number of likely N-dealkylation sites (N-methyl/N-ethyl adjacent to an activating group) is 1. The molecule has 0 saturated heterocycles. The highest BCUT2D eigenvalue weighted by molar-refractivity contribution is 7.91. The summed E-state index contributed by atoms with van der Waals surface area (Å²) < 4.78 is 28.0. The Labute approximate surface area is 147 Å². The number of para-hydroxylation sites is 1. The predicted molar refractivity (Wildman–Crippen MR) is 97.1 cm³/mol. The molecule has 0 bridgehead atoms. The van der Waals surface area contributed by atoms with E-state index in [0.717, 1.165) is 6.54 Å².